The van der Waals surface area contributed by atoms with Gasteiger partial charge in [-0.2, -0.15) is 0 Å². The number of anilines is 1. The lowest BCUT2D eigenvalue weighted by molar-refractivity contribution is 0.403. The third kappa shape index (κ3) is 2.67. The highest BCUT2D eigenvalue weighted by atomic mass is 35.5. The minimum Gasteiger partial charge on any atom is -0.504 e. The van der Waals surface area contributed by atoms with Gasteiger partial charge in [-0.1, -0.05) is 0 Å². The van der Waals surface area contributed by atoms with Gasteiger partial charge in [-0.05, 0) is 12.1 Å². The zero-order chi connectivity index (χ0) is 9.97. The van der Waals surface area contributed by atoms with E-state index in [1.165, 1.54) is 6.07 Å². The maximum atomic E-state index is 9.34. The number of nitrogens with zero attached hydrogens (tertiary/aromatic N) is 1. The van der Waals surface area contributed by atoms with E-state index in [2.05, 4.69) is 10.2 Å². The normalized spacial score (nSPS) is 15.9. The number of phenolic OH excluding ortho intramolecular Hbond substituents is 2. The molecule has 0 atom stereocenters. The van der Waals surface area contributed by atoms with Crippen LogP contribution < -0.4 is 10.2 Å². The standard InChI is InChI=1S/C10H14N2O2.ClH/c13-9-2-1-8(7-10(9)14)12-5-3-11-4-6-12;/h1-2,7,11,13-14H,3-6H2;1H. The smallest absolute Gasteiger partial charge is 0.159 e. The topological polar surface area (TPSA) is 55.7 Å². The Hall–Kier alpha value is -1.13. The van der Waals surface area contributed by atoms with Gasteiger partial charge in [0.25, 0.3) is 0 Å². The highest BCUT2D eigenvalue weighted by Crippen LogP contribution is 2.29. The molecule has 0 bridgehead atoms. The van der Waals surface area contributed by atoms with Crippen molar-refractivity contribution in [3.63, 3.8) is 0 Å². The van der Waals surface area contributed by atoms with E-state index in [0.29, 0.717) is 0 Å². The van der Waals surface area contributed by atoms with E-state index in [0.717, 1.165) is 31.9 Å². The molecule has 0 amide bonds. The molecule has 1 heterocycles. The number of piperazine rings is 1. The predicted molar refractivity (Wildman–Crippen MR) is 62.1 cm³/mol. The van der Waals surface area contributed by atoms with E-state index in [1.807, 2.05) is 6.07 Å². The molecule has 84 valence electrons. The van der Waals surface area contributed by atoms with Crippen LogP contribution in [0, 0.1) is 0 Å². The van der Waals surface area contributed by atoms with Crippen LogP contribution in [0.2, 0.25) is 0 Å². The molecule has 0 aliphatic carbocycles. The quantitative estimate of drug-likeness (QED) is 0.629. The van der Waals surface area contributed by atoms with Gasteiger partial charge in [0.15, 0.2) is 11.5 Å². The molecule has 4 nitrogen and oxygen atoms in total. The Kier molecular flexibility index (Phi) is 4.05. The van der Waals surface area contributed by atoms with Crippen LogP contribution in [0.5, 0.6) is 11.5 Å². The third-order valence-corrected chi connectivity index (χ3v) is 2.44. The van der Waals surface area contributed by atoms with Gasteiger partial charge in [0.2, 0.25) is 0 Å². The molecule has 0 aromatic heterocycles. The maximum absolute atomic E-state index is 9.34. The van der Waals surface area contributed by atoms with Crippen molar-refractivity contribution in [3.8, 4) is 11.5 Å². The van der Waals surface area contributed by atoms with Gasteiger partial charge >= 0.3 is 0 Å². The summed E-state index contributed by atoms with van der Waals surface area (Å²) in [7, 11) is 0. The van der Waals surface area contributed by atoms with Gasteiger partial charge in [0, 0.05) is 37.9 Å². The lowest BCUT2D eigenvalue weighted by Crippen LogP contribution is -2.43. The second-order valence-corrected chi connectivity index (χ2v) is 3.41. The summed E-state index contributed by atoms with van der Waals surface area (Å²) in [5, 5.41) is 21.8. The monoisotopic (exact) mass is 230 g/mol. The molecular formula is C10H15ClN2O2. The van der Waals surface area contributed by atoms with Gasteiger partial charge in [0.1, 0.15) is 0 Å². The summed E-state index contributed by atoms with van der Waals surface area (Å²) in [6.45, 7) is 3.79. The molecule has 1 aromatic rings. The molecule has 15 heavy (non-hydrogen) atoms. The van der Waals surface area contributed by atoms with Crippen LogP contribution in [0.1, 0.15) is 0 Å². The summed E-state index contributed by atoms with van der Waals surface area (Å²) in [5.74, 6) is -0.120. The summed E-state index contributed by atoms with van der Waals surface area (Å²) < 4.78 is 0. The molecule has 1 aromatic carbocycles. The average molecular weight is 231 g/mol. The molecule has 0 radical (unpaired) electrons. The van der Waals surface area contributed by atoms with Crippen molar-refractivity contribution in [2.75, 3.05) is 31.1 Å². The lowest BCUT2D eigenvalue weighted by Gasteiger charge is -2.29. The van der Waals surface area contributed by atoms with Crippen LogP contribution >= 0.6 is 12.4 Å². The number of hydrogen-bond donors (Lipinski definition) is 3. The predicted octanol–water partition coefficient (Wildman–Crippen LogP) is 0.929. The number of halogens is 1. The van der Waals surface area contributed by atoms with E-state index in [1.54, 1.807) is 6.07 Å². The number of benzene rings is 1. The minimum atomic E-state index is -0.0658. The van der Waals surface area contributed by atoms with E-state index in [-0.39, 0.29) is 23.9 Å². The zero-order valence-electron chi connectivity index (χ0n) is 8.31. The van der Waals surface area contributed by atoms with Crippen molar-refractivity contribution in [2.24, 2.45) is 0 Å². The summed E-state index contributed by atoms with van der Waals surface area (Å²) in [6, 6.07) is 4.94. The Morgan fingerprint density at radius 1 is 1.07 bits per heavy atom. The molecule has 1 aliphatic heterocycles. The second kappa shape index (κ2) is 5.09. The molecule has 0 unspecified atom stereocenters. The summed E-state index contributed by atoms with van der Waals surface area (Å²) in [6.07, 6.45) is 0. The van der Waals surface area contributed by atoms with E-state index in [9.17, 15) is 5.11 Å². The lowest BCUT2D eigenvalue weighted by atomic mass is 10.2. The molecule has 0 spiro atoms. The largest absolute Gasteiger partial charge is 0.504 e. The SMILES string of the molecule is Cl.Oc1ccc(N2CCNCC2)cc1O. The zero-order valence-corrected chi connectivity index (χ0v) is 9.13. The highest BCUT2D eigenvalue weighted by molar-refractivity contribution is 5.85. The average Bonchev–Trinajstić information content (AvgIpc) is 2.23. The van der Waals surface area contributed by atoms with Crippen LogP contribution in [0.15, 0.2) is 18.2 Å². The molecule has 5 heteroatoms. The number of nitrogens with one attached hydrogen (secondary N) is 1. The summed E-state index contributed by atoms with van der Waals surface area (Å²) >= 11 is 0. The molecule has 1 fully saturated rings. The number of rotatable bonds is 1. The van der Waals surface area contributed by atoms with Gasteiger partial charge in [-0.25, -0.2) is 0 Å². The Labute approximate surface area is 94.9 Å². The van der Waals surface area contributed by atoms with Crippen molar-refractivity contribution >= 4 is 18.1 Å². The fourth-order valence-electron chi connectivity index (χ4n) is 1.63. The second-order valence-electron chi connectivity index (χ2n) is 3.41. The first-order chi connectivity index (χ1) is 6.77. The van der Waals surface area contributed by atoms with Gasteiger partial charge in [-0.15, -0.1) is 12.4 Å². The van der Waals surface area contributed by atoms with Crippen molar-refractivity contribution < 1.29 is 10.2 Å². The fraction of sp³-hybridized carbons (Fsp3) is 0.400. The Morgan fingerprint density at radius 2 is 1.73 bits per heavy atom. The number of aromatic hydroxyl groups is 2. The molecule has 0 saturated carbocycles. The van der Waals surface area contributed by atoms with E-state index < -0.39 is 0 Å². The first kappa shape index (κ1) is 11.9. The molecule has 1 aliphatic rings. The van der Waals surface area contributed by atoms with Gasteiger partial charge < -0.3 is 20.4 Å². The van der Waals surface area contributed by atoms with Gasteiger partial charge in [-0.3, -0.25) is 0 Å². The van der Waals surface area contributed by atoms with Gasteiger partial charge in [0.05, 0.1) is 0 Å². The Bertz CT molecular complexity index is 327. The van der Waals surface area contributed by atoms with Crippen molar-refractivity contribution in [3.05, 3.63) is 18.2 Å². The Balaban J connectivity index is 0.00000112. The molecule has 3 N–H and O–H groups in total. The Morgan fingerprint density at radius 3 is 2.33 bits per heavy atom. The maximum Gasteiger partial charge on any atom is 0.159 e. The van der Waals surface area contributed by atoms with Crippen LogP contribution in [0.25, 0.3) is 0 Å². The van der Waals surface area contributed by atoms with Crippen LogP contribution in [-0.4, -0.2) is 36.4 Å². The molecule has 1 saturated heterocycles. The highest BCUT2D eigenvalue weighted by Gasteiger charge is 2.11. The van der Waals surface area contributed by atoms with E-state index >= 15 is 0 Å². The fourth-order valence-corrected chi connectivity index (χ4v) is 1.63. The van der Waals surface area contributed by atoms with Crippen LogP contribution in [-0.2, 0) is 0 Å². The summed E-state index contributed by atoms with van der Waals surface area (Å²) in [5.41, 5.74) is 0.960. The van der Waals surface area contributed by atoms with Crippen LogP contribution in [0.3, 0.4) is 0 Å². The number of hydrogen-bond acceptors (Lipinski definition) is 4. The first-order valence-electron chi connectivity index (χ1n) is 4.75. The first-order valence-corrected chi connectivity index (χ1v) is 4.75. The van der Waals surface area contributed by atoms with E-state index in [4.69, 9.17) is 5.11 Å². The van der Waals surface area contributed by atoms with Crippen LogP contribution in [0.4, 0.5) is 5.69 Å². The summed E-state index contributed by atoms with van der Waals surface area (Å²) in [4.78, 5) is 2.18. The van der Waals surface area contributed by atoms with Crippen molar-refractivity contribution in [1.82, 2.24) is 5.32 Å². The van der Waals surface area contributed by atoms with Crippen molar-refractivity contribution in [2.45, 2.75) is 0 Å². The molecule has 2 rings (SSSR count). The number of phenols is 2. The molecular weight excluding hydrogens is 216 g/mol. The van der Waals surface area contributed by atoms with Crippen molar-refractivity contribution in [1.29, 1.82) is 0 Å². The minimum absolute atomic E-state index is 0. The third-order valence-electron chi connectivity index (χ3n) is 2.44.